The topological polar surface area (TPSA) is 40.6 Å². The van der Waals surface area contributed by atoms with Crippen LogP contribution in [0.2, 0.25) is 0 Å². The van der Waals surface area contributed by atoms with Crippen molar-refractivity contribution in [2.75, 3.05) is 24.2 Å². The minimum absolute atomic E-state index is 0.0763. The van der Waals surface area contributed by atoms with Crippen molar-refractivity contribution in [3.05, 3.63) is 24.3 Å². The van der Waals surface area contributed by atoms with Gasteiger partial charge in [0, 0.05) is 36.1 Å². The second-order valence-electron chi connectivity index (χ2n) is 7.27. The molecule has 3 aliphatic rings. The van der Waals surface area contributed by atoms with Crippen LogP contribution in [0.25, 0.3) is 0 Å². The summed E-state index contributed by atoms with van der Waals surface area (Å²) in [6.45, 7) is 1.45. The first-order chi connectivity index (χ1) is 11.7. The second-order valence-corrected chi connectivity index (χ2v) is 8.15. The number of hydrogen-bond acceptors (Lipinski definition) is 3. The van der Waals surface area contributed by atoms with Gasteiger partial charge in [0.25, 0.3) is 0 Å². The van der Waals surface area contributed by atoms with Crippen LogP contribution in [-0.4, -0.2) is 42.1 Å². The molecular formula is C19H24N2O2S. The summed E-state index contributed by atoms with van der Waals surface area (Å²) in [7, 11) is 0. The summed E-state index contributed by atoms with van der Waals surface area (Å²) in [5.74, 6) is 0.826. The van der Waals surface area contributed by atoms with Gasteiger partial charge in [-0.05, 0) is 62.1 Å². The predicted octanol–water partition coefficient (Wildman–Crippen LogP) is 3.16. The van der Waals surface area contributed by atoms with Crippen LogP contribution in [0.15, 0.2) is 29.2 Å². The minimum atomic E-state index is -0.169. The number of hydrogen-bond donors (Lipinski definition) is 0. The van der Waals surface area contributed by atoms with E-state index in [0.29, 0.717) is 24.9 Å². The normalized spacial score (nSPS) is 23.6. The highest BCUT2D eigenvalue weighted by Crippen LogP contribution is 2.37. The molecular weight excluding hydrogens is 320 g/mol. The quantitative estimate of drug-likeness (QED) is 0.744. The molecule has 0 aromatic heterocycles. The maximum absolute atomic E-state index is 13.0. The van der Waals surface area contributed by atoms with Crippen LogP contribution in [0.1, 0.15) is 32.1 Å². The number of nitrogens with zero attached hydrogens (tertiary/aromatic N) is 2. The average molecular weight is 344 g/mol. The molecule has 1 atom stereocenters. The summed E-state index contributed by atoms with van der Waals surface area (Å²) in [5, 5.41) is 0. The largest absolute Gasteiger partial charge is 0.339 e. The Bertz CT molecular complexity index is 637. The van der Waals surface area contributed by atoms with E-state index in [4.69, 9.17) is 0 Å². The van der Waals surface area contributed by atoms with Crippen molar-refractivity contribution in [3.63, 3.8) is 0 Å². The third-order valence-electron chi connectivity index (χ3n) is 5.28. The summed E-state index contributed by atoms with van der Waals surface area (Å²) >= 11 is 1.69. The van der Waals surface area contributed by atoms with Crippen molar-refractivity contribution < 1.29 is 9.59 Å². The molecule has 2 amide bonds. The molecule has 1 aromatic carbocycles. The third-order valence-corrected chi connectivity index (χ3v) is 6.02. The van der Waals surface area contributed by atoms with Crippen LogP contribution in [0.5, 0.6) is 0 Å². The van der Waals surface area contributed by atoms with Crippen LogP contribution in [-0.2, 0) is 9.59 Å². The van der Waals surface area contributed by atoms with Crippen molar-refractivity contribution in [2.45, 2.75) is 43.0 Å². The van der Waals surface area contributed by atoms with Gasteiger partial charge < -0.3 is 9.80 Å². The highest BCUT2D eigenvalue weighted by atomic mass is 32.2. The summed E-state index contributed by atoms with van der Waals surface area (Å²) in [6, 6.07) is 8.49. The molecule has 1 aromatic rings. The molecule has 2 aliphatic carbocycles. The van der Waals surface area contributed by atoms with E-state index in [9.17, 15) is 9.59 Å². The molecule has 128 valence electrons. The van der Waals surface area contributed by atoms with E-state index in [2.05, 4.69) is 4.90 Å². The lowest BCUT2D eigenvalue weighted by atomic mass is 10.1. The number of anilines is 1. The number of carbonyl (C=O) groups is 2. The molecule has 0 bridgehead atoms. The number of amides is 2. The fourth-order valence-corrected chi connectivity index (χ4v) is 3.91. The lowest BCUT2D eigenvalue weighted by Gasteiger charge is -2.25. The highest BCUT2D eigenvalue weighted by Gasteiger charge is 2.42. The highest BCUT2D eigenvalue weighted by molar-refractivity contribution is 7.98. The van der Waals surface area contributed by atoms with Gasteiger partial charge in [0.15, 0.2) is 0 Å². The molecule has 4 nitrogen and oxygen atoms in total. The fourth-order valence-electron chi connectivity index (χ4n) is 3.50. The Balaban J connectivity index is 1.44. The molecule has 0 N–H and O–H groups in total. The van der Waals surface area contributed by atoms with E-state index in [-0.39, 0.29) is 17.7 Å². The Labute approximate surface area is 147 Å². The Hall–Kier alpha value is -1.49. The zero-order chi connectivity index (χ0) is 16.7. The zero-order valence-corrected chi connectivity index (χ0v) is 14.9. The van der Waals surface area contributed by atoms with Crippen molar-refractivity contribution >= 4 is 29.3 Å². The van der Waals surface area contributed by atoms with Gasteiger partial charge in [-0.1, -0.05) is 0 Å². The number of thioether (sulfide) groups is 1. The molecule has 5 heteroatoms. The van der Waals surface area contributed by atoms with E-state index in [1.807, 2.05) is 30.5 Å². The molecule has 24 heavy (non-hydrogen) atoms. The van der Waals surface area contributed by atoms with Crippen molar-refractivity contribution in [1.29, 1.82) is 0 Å². The van der Waals surface area contributed by atoms with Crippen molar-refractivity contribution in [2.24, 2.45) is 11.8 Å². The minimum Gasteiger partial charge on any atom is -0.339 e. The van der Waals surface area contributed by atoms with Gasteiger partial charge in [-0.25, -0.2) is 0 Å². The third kappa shape index (κ3) is 3.32. The molecule has 0 radical (unpaired) electrons. The summed E-state index contributed by atoms with van der Waals surface area (Å²) in [6.07, 6.45) is 7.19. The van der Waals surface area contributed by atoms with Crippen LogP contribution in [0, 0.1) is 11.8 Å². The molecule has 3 fully saturated rings. The Morgan fingerprint density at radius 3 is 2.50 bits per heavy atom. The van der Waals surface area contributed by atoms with E-state index in [0.717, 1.165) is 25.1 Å². The standard InChI is InChI=1S/C19H24N2O2S/c1-24-17-8-6-15(7-9-17)20-12-14(10-18(20)22)19(23)21(16-4-5-16)11-13-2-3-13/h6-9,13-14,16H,2-5,10-12H2,1H3. The molecule has 2 saturated carbocycles. The van der Waals surface area contributed by atoms with Gasteiger partial charge in [0.1, 0.15) is 0 Å². The first-order valence-corrected chi connectivity index (χ1v) is 10.1. The maximum atomic E-state index is 13.0. The molecule has 4 rings (SSSR count). The molecule has 1 saturated heterocycles. The van der Waals surface area contributed by atoms with Crippen LogP contribution in [0.4, 0.5) is 5.69 Å². The van der Waals surface area contributed by atoms with E-state index in [1.165, 1.54) is 17.7 Å². The molecule has 1 heterocycles. The smallest absolute Gasteiger partial charge is 0.228 e. The van der Waals surface area contributed by atoms with Crippen LogP contribution < -0.4 is 4.90 Å². The first kappa shape index (κ1) is 16.0. The van der Waals surface area contributed by atoms with Crippen LogP contribution in [0.3, 0.4) is 0 Å². The van der Waals surface area contributed by atoms with E-state index in [1.54, 1.807) is 16.7 Å². The lowest BCUT2D eigenvalue weighted by Crippen LogP contribution is -2.40. The SMILES string of the molecule is CSc1ccc(N2CC(C(=O)N(CC3CC3)C3CC3)CC2=O)cc1. The van der Waals surface area contributed by atoms with Gasteiger partial charge in [-0.3, -0.25) is 9.59 Å². The average Bonchev–Trinajstić information content (AvgIpc) is 3.51. The maximum Gasteiger partial charge on any atom is 0.228 e. The molecule has 1 unspecified atom stereocenters. The monoisotopic (exact) mass is 344 g/mol. The molecule has 0 spiro atoms. The fraction of sp³-hybridized carbons (Fsp3) is 0.579. The van der Waals surface area contributed by atoms with Gasteiger partial charge >= 0.3 is 0 Å². The lowest BCUT2D eigenvalue weighted by molar-refractivity contribution is -0.136. The van der Waals surface area contributed by atoms with Gasteiger partial charge in [0.2, 0.25) is 11.8 Å². The summed E-state index contributed by atoms with van der Waals surface area (Å²) < 4.78 is 0. The number of carbonyl (C=O) groups excluding carboxylic acids is 2. The first-order valence-electron chi connectivity index (χ1n) is 8.90. The Kier molecular flexibility index (Phi) is 4.29. The Morgan fingerprint density at radius 1 is 1.21 bits per heavy atom. The molecule has 1 aliphatic heterocycles. The van der Waals surface area contributed by atoms with Crippen molar-refractivity contribution in [3.8, 4) is 0 Å². The van der Waals surface area contributed by atoms with Crippen LogP contribution >= 0.6 is 11.8 Å². The number of benzene rings is 1. The summed E-state index contributed by atoms with van der Waals surface area (Å²) in [5.41, 5.74) is 0.910. The van der Waals surface area contributed by atoms with Crippen molar-refractivity contribution in [1.82, 2.24) is 4.90 Å². The van der Waals surface area contributed by atoms with Gasteiger partial charge in [-0.15, -0.1) is 11.8 Å². The predicted molar refractivity (Wildman–Crippen MR) is 96.1 cm³/mol. The van der Waals surface area contributed by atoms with Gasteiger partial charge in [-0.2, -0.15) is 0 Å². The van der Waals surface area contributed by atoms with Gasteiger partial charge in [0.05, 0.1) is 5.92 Å². The Morgan fingerprint density at radius 2 is 1.92 bits per heavy atom. The summed E-state index contributed by atoms with van der Waals surface area (Å²) in [4.78, 5) is 30.5. The number of rotatable bonds is 6. The second kappa shape index (κ2) is 6.43. The van der Waals surface area contributed by atoms with E-state index < -0.39 is 0 Å². The van der Waals surface area contributed by atoms with E-state index >= 15 is 0 Å². The zero-order valence-electron chi connectivity index (χ0n) is 14.1.